The highest BCUT2D eigenvalue weighted by molar-refractivity contribution is 5.64. The molecule has 2 heterocycles. The Morgan fingerprint density at radius 2 is 2.06 bits per heavy atom. The smallest absolute Gasteiger partial charge is 0.323 e. The third-order valence-electron chi connectivity index (χ3n) is 1.41. The van der Waals surface area contributed by atoms with Crippen molar-refractivity contribution in [2.75, 3.05) is 0 Å². The van der Waals surface area contributed by atoms with Gasteiger partial charge in [-0.2, -0.15) is 0 Å². The van der Waals surface area contributed by atoms with E-state index in [1.165, 1.54) is 0 Å². The molecule has 0 fully saturated rings. The summed E-state index contributed by atoms with van der Waals surface area (Å²) in [5.41, 5.74) is 2.49. The SMILES string of the molecule is O=[N+]([O-])[N-]c1nonc1-c1nnn([N+](=O)[O-])n1. The predicted octanol–water partition coefficient (Wildman–Crippen LogP) is -1.04. The molecule has 0 N–H and O–H groups in total. The zero-order chi connectivity index (χ0) is 12.4. The van der Waals surface area contributed by atoms with E-state index in [0.717, 1.165) is 0 Å². The van der Waals surface area contributed by atoms with Crippen LogP contribution in [0.3, 0.4) is 0 Å². The minimum atomic E-state index is -1.04. The summed E-state index contributed by atoms with van der Waals surface area (Å²) in [6.07, 6.45) is 0. The van der Waals surface area contributed by atoms with Crippen molar-refractivity contribution in [1.29, 1.82) is 0 Å². The van der Waals surface area contributed by atoms with E-state index in [4.69, 9.17) is 0 Å². The van der Waals surface area contributed by atoms with E-state index in [0.29, 0.717) is 0 Å². The minimum Gasteiger partial charge on any atom is -0.372 e. The van der Waals surface area contributed by atoms with Crippen molar-refractivity contribution in [3.05, 3.63) is 25.7 Å². The van der Waals surface area contributed by atoms with Crippen LogP contribution in [0.4, 0.5) is 5.82 Å². The van der Waals surface area contributed by atoms with Crippen LogP contribution in [0.2, 0.25) is 0 Å². The van der Waals surface area contributed by atoms with Gasteiger partial charge in [-0.25, -0.2) is 0 Å². The Hall–Kier alpha value is -3.19. The van der Waals surface area contributed by atoms with Gasteiger partial charge in [-0.05, 0) is 5.10 Å². The van der Waals surface area contributed by atoms with Gasteiger partial charge in [0.1, 0.15) is 5.21 Å². The second kappa shape index (κ2) is 3.76. The highest BCUT2D eigenvalue weighted by Crippen LogP contribution is 2.26. The zero-order valence-electron chi connectivity index (χ0n) is 7.57. The van der Waals surface area contributed by atoms with Crippen LogP contribution in [0.15, 0.2) is 4.63 Å². The first-order chi connectivity index (χ1) is 8.08. The number of rotatable bonds is 4. The molecule has 0 unspecified atom stereocenters. The second-order valence-corrected chi connectivity index (χ2v) is 2.39. The maximum atomic E-state index is 10.3. The van der Waals surface area contributed by atoms with Crippen LogP contribution in [-0.2, 0) is 0 Å². The van der Waals surface area contributed by atoms with E-state index < -0.39 is 15.9 Å². The molecule has 0 aliphatic rings. The fourth-order valence-electron chi connectivity index (χ4n) is 0.839. The zero-order valence-corrected chi connectivity index (χ0v) is 7.57. The van der Waals surface area contributed by atoms with Crippen LogP contribution in [0.1, 0.15) is 0 Å². The average molecular weight is 242 g/mol. The molecule has 88 valence electrons. The molecule has 0 aromatic carbocycles. The van der Waals surface area contributed by atoms with Crippen molar-refractivity contribution >= 4 is 5.82 Å². The van der Waals surface area contributed by atoms with Gasteiger partial charge in [0, 0.05) is 10.1 Å². The third kappa shape index (κ3) is 1.94. The third-order valence-corrected chi connectivity index (χ3v) is 1.41. The predicted molar refractivity (Wildman–Crippen MR) is 43.5 cm³/mol. The van der Waals surface area contributed by atoms with Gasteiger partial charge in [0.2, 0.25) is 0 Å². The Labute approximate surface area is 89.4 Å². The summed E-state index contributed by atoms with van der Waals surface area (Å²) in [5.74, 6) is -0.888. The van der Waals surface area contributed by atoms with Gasteiger partial charge < -0.3 is 14.7 Å². The van der Waals surface area contributed by atoms with E-state index in [-0.39, 0.29) is 16.4 Å². The first kappa shape index (κ1) is 10.3. The molecule has 0 saturated heterocycles. The summed E-state index contributed by atoms with van der Waals surface area (Å²) in [4.78, 5) is 20.4. The minimum absolute atomic E-state index is 0.0555. The lowest BCUT2D eigenvalue weighted by Gasteiger charge is -1.96. The molecule has 2 aromatic heterocycles. The number of aromatic nitrogens is 6. The molecule has 0 bridgehead atoms. The number of hydrogen-bond donors (Lipinski definition) is 0. The Morgan fingerprint density at radius 1 is 1.29 bits per heavy atom. The molecular formula is C3N9O5-. The van der Waals surface area contributed by atoms with Gasteiger partial charge in [0.25, 0.3) is 0 Å². The molecule has 14 nitrogen and oxygen atoms in total. The molecule has 0 aliphatic heterocycles. The van der Waals surface area contributed by atoms with Crippen molar-refractivity contribution in [3.63, 3.8) is 0 Å². The molecule has 0 atom stereocenters. The van der Waals surface area contributed by atoms with Crippen LogP contribution < -0.4 is 0 Å². The van der Waals surface area contributed by atoms with Crippen LogP contribution >= 0.6 is 0 Å². The quantitative estimate of drug-likeness (QED) is 0.473. The summed E-state index contributed by atoms with van der Waals surface area (Å²) < 4.78 is 4.19. The van der Waals surface area contributed by atoms with Crippen LogP contribution in [0.5, 0.6) is 0 Å². The van der Waals surface area contributed by atoms with E-state index >= 15 is 0 Å². The van der Waals surface area contributed by atoms with Gasteiger partial charge in [-0.15, -0.1) is 5.43 Å². The first-order valence-electron chi connectivity index (χ1n) is 3.71. The maximum absolute atomic E-state index is 10.3. The molecule has 0 spiro atoms. The molecule has 2 rings (SSSR count). The Bertz CT molecular complexity index is 571. The van der Waals surface area contributed by atoms with E-state index in [9.17, 15) is 20.2 Å². The molecule has 0 saturated carbocycles. The van der Waals surface area contributed by atoms with Crippen molar-refractivity contribution in [3.8, 4) is 11.5 Å². The van der Waals surface area contributed by atoms with E-state index in [1.807, 2.05) is 0 Å². The number of nitro groups is 2. The number of nitrogens with zero attached hydrogens (tertiary/aromatic N) is 9. The van der Waals surface area contributed by atoms with E-state index in [1.54, 1.807) is 0 Å². The number of tetrazole rings is 1. The summed E-state index contributed by atoms with van der Waals surface area (Å²) in [7, 11) is 0. The molecular weight excluding hydrogens is 242 g/mol. The molecule has 17 heavy (non-hydrogen) atoms. The molecule has 0 aliphatic carbocycles. The standard InChI is InChI=1S/C3N9O5/c13-11(14)6-3-1(7-17-8-3)2-4-9-10(5-2)12(15)16/q-1. The Kier molecular flexibility index (Phi) is 2.28. The van der Waals surface area contributed by atoms with Crippen LogP contribution in [0.25, 0.3) is 16.9 Å². The first-order valence-corrected chi connectivity index (χ1v) is 3.71. The summed E-state index contributed by atoms with van der Waals surface area (Å²) >= 11 is 0. The lowest BCUT2D eigenvalue weighted by Crippen LogP contribution is -2.12. The van der Waals surface area contributed by atoms with Crippen LogP contribution in [-0.4, -0.2) is 40.7 Å². The molecule has 2 aromatic rings. The van der Waals surface area contributed by atoms with Crippen LogP contribution in [0, 0.1) is 20.2 Å². The lowest BCUT2D eigenvalue weighted by atomic mass is 10.4. The highest BCUT2D eigenvalue weighted by atomic mass is 16.7. The maximum Gasteiger partial charge on any atom is 0.323 e. The van der Waals surface area contributed by atoms with E-state index in [2.05, 4.69) is 35.8 Å². The Balaban J connectivity index is 2.35. The largest absolute Gasteiger partial charge is 0.372 e. The van der Waals surface area contributed by atoms with Crippen molar-refractivity contribution in [2.24, 2.45) is 0 Å². The summed E-state index contributed by atoms with van der Waals surface area (Å²) in [5, 5.41) is 34.3. The molecule has 0 radical (unpaired) electrons. The lowest BCUT2D eigenvalue weighted by molar-refractivity contribution is -0.564. The average Bonchev–Trinajstić information content (AvgIpc) is 2.83. The summed E-state index contributed by atoms with van der Waals surface area (Å²) in [6.45, 7) is 0. The number of hydrogen-bond acceptors (Lipinski definition) is 10. The monoisotopic (exact) mass is 242 g/mol. The van der Waals surface area contributed by atoms with Crippen molar-refractivity contribution in [2.45, 2.75) is 0 Å². The molecule has 14 heteroatoms. The fraction of sp³-hybridized carbons (Fsp3) is 0. The topological polar surface area (TPSA) is 183 Å². The van der Waals surface area contributed by atoms with Gasteiger partial charge in [0.05, 0.1) is 10.9 Å². The highest BCUT2D eigenvalue weighted by Gasteiger charge is 2.21. The van der Waals surface area contributed by atoms with Crippen molar-refractivity contribution < 1.29 is 14.7 Å². The normalized spacial score (nSPS) is 10.1. The van der Waals surface area contributed by atoms with Gasteiger partial charge in [-0.1, -0.05) is 5.16 Å². The second-order valence-electron chi connectivity index (χ2n) is 2.39. The van der Waals surface area contributed by atoms with Gasteiger partial charge >= 0.3 is 5.82 Å². The fourth-order valence-corrected chi connectivity index (χ4v) is 0.839. The molecule has 0 amide bonds. The summed E-state index contributed by atoms with van der Waals surface area (Å²) in [6, 6.07) is 0. The van der Waals surface area contributed by atoms with Crippen molar-refractivity contribution in [1.82, 2.24) is 30.6 Å². The van der Waals surface area contributed by atoms with Gasteiger partial charge in [-0.3, -0.25) is 15.3 Å². The van der Waals surface area contributed by atoms with Gasteiger partial charge in [0.15, 0.2) is 10.6 Å². The Morgan fingerprint density at radius 3 is 2.65 bits per heavy atom.